The summed E-state index contributed by atoms with van der Waals surface area (Å²) in [6.07, 6.45) is 10.7. The molecular weight excluding hydrogens is 350 g/mol. The Morgan fingerprint density at radius 2 is 2.08 bits per heavy atom. The Morgan fingerprint density at radius 1 is 1.23 bits per heavy atom. The van der Waals surface area contributed by atoms with Gasteiger partial charge >= 0.3 is 0 Å². The fraction of sp³-hybridized carbons (Fsp3) is 0.526. The molecule has 0 bridgehead atoms. The largest absolute Gasteiger partial charge is 0.323 e. The lowest BCUT2D eigenvalue weighted by Crippen LogP contribution is -2.49. The van der Waals surface area contributed by atoms with E-state index in [1.807, 2.05) is 6.07 Å². The van der Waals surface area contributed by atoms with Gasteiger partial charge < -0.3 is 5.32 Å². The van der Waals surface area contributed by atoms with E-state index in [4.69, 9.17) is 11.6 Å². The van der Waals surface area contributed by atoms with Crippen LogP contribution in [-0.2, 0) is 4.79 Å². The highest BCUT2D eigenvalue weighted by Gasteiger charge is 2.33. The standard InChI is InChI=1S/C19H24ClN5O/c20-15-7-8-18(25-13-21-12-22-25)16(10-15)23-19(26)11-24-9-3-5-14-4-1-2-6-17(14)24/h7-8,10,12-14,17H,1-6,9,11H2,(H,23,26)/t14-,17+/m1/s1. The van der Waals surface area contributed by atoms with Crippen LogP contribution in [0.15, 0.2) is 30.9 Å². The highest BCUT2D eigenvalue weighted by molar-refractivity contribution is 6.31. The van der Waals surface area contributed by atoms with Crippen LogP contribution >= 0.6 is 11.6 Å². The van der Waals surface area contributed by atoms with Gasteiger partial charge in [0, 0.05) is 11.1 Å². The molecule has 2 heterocycles. The highest BCUT2D eigenvalue weighted by Crippen LogP contribution is 2.35. The van der Waals surface area contributed by atoms with Gasteiger partial charge in [0.2, 0.25) is 5.91 Å². The first-order valence-electron chi connectivity index (χ1n) is 9.39. The number of nitrogens with one attached hydrogen (secondary N) is 1. The minimum atomic E-state index is -0.000134. The fourth-order valence-electron chi connectivity index (χ4n) is 4.44. The van der Waals surface area contributed by atoms with Gasteiger partial charge in [0.1, 0.15) is 12.7 Å². The van der Waals surface area contributed by atoms with Crippen LogP contribution in [0.2, 0.25) is 5.02 Å². The van der Waals surface area contributed by atoms with Gasteiger partial charge in [0.05, 0.1) is 17.9 Å². The summed E-state index contributed by atoms with van der Waals surface area (Å²) in [7, 11) is 0. The first kappa shape index (κ1) is 17.5. The Morgan fingerprint density at radius 3 is 2.92 bits per heavy atom. The zero-order valence-electron chi connectivity index (χ0n) is 14.8. The molecule has 1 aliphatic carbocycles. The van der Waals surface area contributed by atoms with Crippen LogP contribution < -0.4 is 5.32 Å². The van der Waals surface area contributed by atoms with Crippen molar-refractivity contribution in [2.75, 3.05) is 18.4 Å². The summed E-state index contributed by atoms with van der Waals surface area (Å²) >= 11 is 6.14. The van der Waals surface area contributed by atoms with E-state index in [0.717, 1.165) is 18.2 Å². The predicted molar refractivity (Wildman–Crippen MR) is 102 cm³/mol. The van der Waals surface area contributed by atoms with Crippen LogP contribution in [0.25, 0.3) is 5.69 Å². The summed E-state index contributed by atoms with van der Waals surface area (Å²) in [4.78, 5) is 19.1. The Hall–Kier alpha value is -1.92. The molecule has 1 amide bonds. The van der Waals surface area contributed by atoms with Crippen LogP contribution in [-0.4, -0.2) is 44.7 Å². The van der Waals surface area contributed by atoms with Crippen molar-refractivity contribution in [3.8, 4) is 5.69 Å². The number of halogens is 1. The molecule has 1 N–H and O–H groups in total. The van der Waals surface area contributed by atoms with Crippen LogP contribution in [0.5, 0.6) is 0 Å². The molecule has 1 saturated heterocycles. The third-order valence-electron chi connectivity index (χ3n) is 5.60. The number of anilines is 1. The summed E-state index contributed by atoms with van der Waals surface area (Å²) in [5.74, 6) is 0.766. The maximum atomic E-state index is 12.7. The van der Waals surface area contributed by atoms with Crippen molar-refractivity contribution in [1.82, 2.24) is 19.7 Å². The molecule has 4 rings (SSSR count). The molecule has 1 aromatic carbocycles. The number of likely N-dealkylation sites (tertiary alicyclic amines) is 1. The van der Waals surface area contributed by atoms with Crippen LogP contribution in [0, 0.1) is 5.92 Å². The summed E-state index contributed by atoms with van der Waals surface area (Å²) in [6, 6.07) is 5.95. The molecule has 2 aromatic rings. The van der Waals surface area contributed by atoms with Gasteiger partial charge in [0.15, 0.2) is 0 Å². The number of carbonyl (C=O) groups excluding carboxylic acids is 1. The highest BCUT2D eigenvalue weighted by atomic mass is 35.5. The van der Waals surface area contributed by atoms with Gasteiger partial charge in [-0.05, 0) is 56.3 Å². The molecular formula is C19H24ClN5O. The first-order chi connectivity index (χ1) is 12.7. The number of benzene rings is 1. The molecule has 1 aliphatic heterocycles. The number of amides is 1. The molecule has 138 valence electrons. The molecule has 1 aromatic heterocycles. The van der Waals surface area contributed by atoms with Crippen molar-refractivity contribution in [3.63, 3.8) is 0 Å². The number of rotatable bonds is 4. The Kier molecular flexibility index (Phi) is 5.22. The second-order valence-electron chi connectivity index (χ2n) is 7.27. The van der Waals surface area contributed by atoms with E-state index in [2.05, 4.69) is 20.3 Å². The molecule has 0 unspecified atom stereocenters. The second kappa shape index (κ2) is 7.76. The number of aromatic nitrogens is 3. The zero-order chi connectivity index (χ0) is 17.9. The van der Waals surface area contributed by atoms with Gasteiger partial charge in [-0.1, -0.05) is 24.4 Å². The van der Waals surface area contributed by atoms with E-state index < -0.39 is 0 Å². The summed E-state index contributed by atoms with van der Waals surface area (Å²) in [5.41, 5.74) is 1.42. The molecule has 2 atom stereocenters. The lowest BCUT2D eigenvalue weighted by molar-refractivity contribution is -0.118. The third-order valence-corrected chi connectivity index (χ3v) is 5.84. The molecule has 0 radical (unpaired) electrons. The zero-order valence-corrected chi connectivity index (χ0v) is 15.5. The minimum absolute atomic E-state index is 0.000134. The topological polar surface area (TPSA) is 63.1 Å². The third kappa shape index (κ3) is 3.76. The molecule has 0 spiro atoms. The molecule has 2 fully saturated rings. The number of hydrogen-bond donors (Lipinski definition) is 1. The first-order valence-corrected chi connectivity index (χ1v) is 9.77. The Bertz CT molecular complexity index is 761. The molecule has 6 nitrogen and oxygen atoms in total. The van der Waals surface area contributed by atoms with Gasteiger partial charge in [-0.15, -0.1) is 0 Å². The van der Waals surface area contributed by atoms with Crippen molar-refractivity contribution < 1.29 is 4.79 Å². The van der Waals surface area contributed by atoms with E-state index >= 15 is 0 Å². The van der Waals surface area contributed by atoms with Gasteiger partial charge in [-0.25, -0.2) is 9.67 Å². The Labute approximate surface area is 158 Å². The van der Waals surface area contributed by atoms with Gasteiger partial charge in [0.25, 0.3) is 0 Å². The molecule has 2 aliphatic rings. The predicted octanol–water partition coefficient (Wildman–Crippen LogP) is 3.51. The van der Waals surface area contributed by atoms with Gasteiger partial charge in [-0.2, -0.15) is 5.10 Å². The normalized spacial score (nSPS) is 23.4. The van der Waals surface area contributed by atoms with E-state index in [1.54, 1.807) is 23.1 Å². The SMILES string of the molecule is O=C(CN1CCC[C@H]2CCCC[C@@H]21)Nc1cc(Cl)ccc1-n1cncn1. The lowest BCUT2D eigenvalue weighted by atomic mass is 9.78. The average Bonchev–Trinajstić information content (AvgIpc) is 3.16. The Balaban J connectivity index is 1.47. The number of hydrogen-bond acceptors (Lipinski definition) is 4. The maximum absolute atomic E-state index is 12.7. The number of nitrogens with zero attached hydrogens (tertiary/aromatic N) is 4. The minimum Gasteiger partial charge on any atom is -0.323 e. The molecule has 7 heteroatoms. The molecule has 1 saturated carbocycles. The van der Waals surface area contributed by atoms with Crippen molar-refractivity contribution in [1.29, 1.82) is 0 Å². The van der Waals surface area contributed by atoms with E-state index in [-0.39, 0.29) is 5.91 Å². The number of piperidine rings is 1. The van der Waals surface area contributed by atoms with Crippen molar-refractivity contribution >= 4 is 23.2 Å². The summed E-state index contributed by atoms with van der Waals surface area (Å²) in [6.45, 7) is 1.45. The smallest absolute Gasteiger partial charge is 0.238 e. The number of fused-ring (bicyclic) bond motifs is 1. The summed E-state index contributed by atoms with van der Waals surface area (Å²) < 4.78 is 1.63. The quantitative estimate of drug-likeness (QED) is 0.890. The van der Waals surface area contributed by atoms with Crippen molar-refractivity contribution in [2.45, 2.75) is 44.6 Å². The van der Waals surface area contributed by atoms with Crippen LogP contribution in [0.3, 0.4) is 0 Å². The van der Waals surface area contributed by atoms with E-state index in [0.29, 0.717) is 23.3 Å². The van der Waals surface area contributed by atoms with Crippen LogP contribution in [0.4, 0.5) is 5.69 Å². The van der Waals surface area contributed by atoms with Crippen molar-refractivity contribution in [3.05, 3.63) is 35.9 Å². The van der Waals surface area contributed by atoms with E-state index in [1.165, 1.54) is 44.9 Å². The molecule has 26 heavy (non-hydrogen) atoms. The van der Waals surface area contributed by atoms with E-state index in [9.17, 15) is 4.79 Å². The average molecular weight is 374 g/mol. The maximum Gasteiger partial charge on any atom is 0.238 e. The monoisotopic (exact) mass is 373 g/mol. The summed E-state index contributed by atoms with van der Waals surface area (Å²) in [5, 5.41) is 7.76. The second-order valence-corrected chi connectivity index (χ2v) is 7.71. The van der Waals surface area contributed by atoms with Crippen molar-refractivity contribution in [2.24, 2.45) is 5.92 Å². The lowest BCUT2D eigenvalue weighted by Gasteiger charge is -2.43. The number of carbonyl (C=O) groups is 1. The van der Waals surface area contributed by atoms with Gasteiger partial charge in [-0.3, -0.25) is 9.69 Å². The van der Waals surface area contributed by atoms with Crippen LogP contribution in [0.1, 0.15) is 38.5 Å². The fourth-order valence-corrected chi connectivity index (χ4v) is 4.61.